The van der Waals surface area contributed by atoms with Crippen molar-refractivity contribution in [2.75, 3.05) is 11.9 Å². The number of nitrogens with one attached hydrogen (secondary N) is 1. The van der Waals surface area contributed by atoms with E-state index >= 15 is 0 Å². The van der Waals surface area contributed by atoms with Gasteiger partial charge in [0.05, 0.1) is 4.92 Å². The van der Waals surface area contributed by atoms with Crippen LogP contribution in [0.5, 0.6) is 0 Å². The van der Waals surface area contributed by atoms with Crippen LogP contribution in [0.25, 0.3) is 0 Å². The first-order chi connectivity index (χ1) is 5.74. The van der Waals surface area contributed by atoms with Gasteiger partial charge in [-0.05, 0) is 13.0 Å². The van der Waals surface area contributed by atoms with E-state index in [2.05, 4.69) is 17.2 Å². The summed E-state index contributed by atoms with van der Waals surface area (Å²) in [4.78, 5) is 13.5. The number of hydrogen-bond donors (Lipinski definition) is 1. The molecule has 1 radical (unpaired) electrons. The molecule has 1 N–H and O–H groups in total. The first-order valence-electron chi connectivity index (χ1n) is 3.37. The lowest BCUT2D eigenvalue weighted by molar-refractivity contribution is -0.385. The molecule has 12 heavy (non-hydrogen) atoms. The van der Waals surface area contributed by atoms with E-state index < -0.39 is 4.92 Å². The molecule has 0 spiro atoms. The summed E-state index contributed by atoms with van der Waals surface area (Å²) in [6, 6.07) is 2.94. The standard InChI is InChI=1S/C7H8N3O2/c1-2-8-7-4-3-6(5-9-7)10(11)12/h3-5H,1-2H2,(H,8,9). The quantitative estimate of drug-likeness (QED) is 0.541. The highest BCUT2D eigenvalue weighted by molar-refractivity contribution is 5.39. The fraction of sp³-hybridized carbons (Fsp3) is 0.143. The third-order valence-electron chi connectivity index (χ3n) is 1.26. The maximum Gasteiger partial charge on any atom is 0.287 e. The second-order valence-corrected chi connectivity index (χ2v) is 2.09. The maximum atomic E-state index is 10.2. The van der Waals surface area contributed by atoms with E-state index in [1.54, 1.807) is 6.07 Å². The van der Waals surface area contributed by atoms with Crippen molar-refractivity contribution in [3.05, 3.63) is 35.4 Å². The van der Waals surface area contributed by atoms with Gasteiger partial charge in [-0.1, -0.05) is 0 Å². The van der Waals surface area contributed by atoms with Crippen LogP contribution in [-0.4, -0.2) is 16.5 Å². The normalized spacial score (nSPS) is 9.42. The van der Waals surface area contributed by atoms with Crippen LogP contribution in [0.1, 0.15) is 0 Å². The Labute approximate surface area is 69.6 Å². The molecule has 0 atom stereocenters. The summed E-state index contributed by atoms with van der Waals surface area (Å²) in [5.74, 6) is 0.593. The van der Waals surface area contributed by atoms with Crippen molar-refractivity contribution in [2.45, 2.75) is 0 Å². The number of pyridine rings is 1. The summed E-state index contributed by atoms with van der Waals surface area (Å²) < 4.78 is 0. The lowest BCUT2D eigenvalue weighted by Crippen LogP contribution is -1.99. The minimum Gasteiger partial charge on any atom is -0.370 e. The zero-order chi connectivity index (χ0) is 8.97. The Morgan fingerprint density at radius 3 is 2.83 bits per heavy atom. The van der Waals surface area contributed by atoms with E-state index in [9.17, 15) is 10.1 Å². The van der Waals surface area contributed by atoms with Crippen molar-refractivity contribution in [1.82, 2.24) is 4.98 Å². The molecule has 0 unspecified atom stereocenters. The highest BCUT2D eigenvalue weighted by Crippen LogP contribution is 2.10. The molecule has 5 nitrogen and oxygen atoms in total. The van der Waals surface area contributed by atoms with Gasteiger partial charge >= 0.3 is 0 Å². The van der Waals surface area contributed by atoms with Gasteiger partial charge in [0, 0.05) is 12.6 Å². The third kappa shape index (κ3) is 1.91. The van der Waals surface area contributed by atoms with Crippen LogP contribution in [0.2, 0.25) is 0 Å². The molecule has 0 aliphatic rings. The predicted octanol–water partition coefficient (Wildman–Crippen LogP) is 1.24. The lowest BCUT2D eigenvalue weighted by Gasteiger charge is -1.99. The van der Waals surface area contributed by atoms with Gasteiger partial charge in [-0.15, -0.1) is 0 Å². The van der Waals surface area contributed by atoms with Gasteiger partial charge in [0.2, 0.25) is 0 Å². The highest BCUT2D eigenvalue weighted by Gasteiger charge is 2.03. The van der Waals surface area contributed by atoms with Crippen LogP contribution in [0.4, 0.5) is 11.5 Å². The zero-order valence-corrected chi connectivity index (χ0v) is 6.36. The first kappa shape index (κ1) is 8.45. The molecule has 1 aromatic heterocycles. The molecule has 1 heterocycles. The molecular weight excluding hydrogens is 158 g/mol. The molecule has 1 aromatic rings. The topological polar surface area (TPSA) is 68.1 Å². The Hall–Kier alpha value is -1.65. The summed E-state index contributed by atoms with van der Waals surface area (Å²) in [5.41, 5.74) is -0.00962. The Morgan fingerprint density at radius 2 is 2.42 bits per heavy atom. The van der Waals surface area contributed by atoms with Gasteiger partial charge in [0.25, 0.3) is 5.69 Å². The van der Waals surface area contributed by atoms with Crippen molar-refractivity contribution in [2.24, 2.45) is 0 Å². The zero-order valence-electron chi connectivity index (χ0n) is 6.36. The summed E-state index contributed by atoms with van der Waals surface area (Å²) in [6.45, 7) is 4.06. The van der Waals surface area contributed by atoms with Crippen LogP contribution < -0.4 is 5.32 Å². The highest BCUT2D eigenvalue weighted by atomic mass is 16.6. The molecule has 0 saturated heterocycles. The van der Waals surface area contributed by atoms with Crippen molar-refractivity contribution >= 4 is 11.5 Å². The van der Waals surface area contributed by atoms with E-state index in [1.807, 2.05) is 0 Å². The van der Waals surface area contributed by atoms with Gasteiger partial charge < -0.3 is 5.32 Å². The second kappa shape index (κ2) is 3.66. The fourth-order valence-electron chi connectivity index (χ4n) is 0.727. The Balaban J connectivity index is 2.78. The van der Waals surface area contributed by atoms with E-state index in [1.165, 1.54) is 12.3 Å². The summed E-state index contributed by atoms with van der Waals surface area (Å²) in [7, 11) is 0. The molecule has 0 bridgehead atoms. The summed E-state index contributed by atoms with van der Waals surface area (Å²) in [5, 5.41) is 13.0. The number of hydrogen-bond acceptors (Lipinski definition) is 4. The molecule has 0 aliphatic heterocycles. The second-order valence-electron chi connectivity index (χ2n) is 2.09. The number of nitro groups is 1. The smallest absolute Gasteiger partial charge is 0.287 e. The van der Waals surface area contributed by atoms with Crippen molar-refractivity contribution in [1.29, 1.82) is 0 Å². The number of nitrogens with zero attached hydrogens (tertiary/aromatic N) is 2. The van der Waals surface area contributed by atoms with Crippen LogP contribution in [0, 0.1) is 17.0 Å². The van der Waals surface area contributed by atoms with Crippen LogP contribution >= 0.6 is 0 Å². The lowest BCUT2D eigenvalue weighted by atomic mass is 10.4. The monoisotopic (exact) mass is 166 g/mol. The molecule has 0 fully saturated rings. The first-order valence-corrected chi connectivity index (χ1v) is 3.37. The van der Waals surface area contributed by atoms with Crippen LogP contribution in [0.15, 0.2) is 18.3 Å². The minimum atomic E-state index is -0.485. The van der Waals surface area contributed by atoms with Gasteiger partial charge in [-0.25, -0.2) is 4.98 Å². The largest absolute Gasteiger partial charge is 0.370 e. The Morgan fingerprint density at radius 1 is 1.67 bits per heavy atom. The van der Waals surface area contributed by atoms with E-state index in [4.69, 9.17) is 0 Å². The van der Waals surface area contributed by atoms with Gasteiger partial charge in [0.15, 0.2) is 0 Å². The predicted molar refractivity (Wildman–Crippen MR) is 44.7 cm³/mol. The van der Waals surface area contributed by atoms with Crippen molar-refractivity contribution in [3.63, 3.8) is 0 Å². The van der Waals surface area contributed by atoms with Gasteiger partial charge in [-0.2, -0.15) is 0 Å². The molecule has 5 heteroatoms. The molecule has 0 saturated carbocycles. The van der Waals surface area contributed by atoms with Crippen molar-refractivity contribution < 1.29 is 4.92 Å². The van der Waals surface area contributed by atoms with Crippen LogP contribution in [0.3, 0.4) is 0 Å². The Kier molecular flexibility index (Phi) is 2.57. The minimum absolute atomic E-state index is 0.00962. The van der Waals surface area contributed by atoms with E-state index in [-0.39, 0.29) is 5.69 Å². The molecule has 1 rings (SSSR count). The molecule has 63 valence electrons. The fourth-order valence-corrected chi connectivity index (χ4v) is 0.727. The molecule has 0 amide bonds. The molecule has 0 aromatic carbocycles. The van der Waals surface area contributed by atoms with E-state index in [0.717, 1.165) is 0 Å². The third-order valence-corrected chi connectivity index (χ3v) is 1.26. The van der Waals surface area contributed by atoms with Crippen molar-refractivity contribution in [3.8, 4) is 0 Å². The molecular formula is C7H8N3O2. The number of rotatable bonds is 3. The average molecular weight is 166 g/mol. The number of aromatic nitrogens is 1. The maximum absolute atomic E-state index is 10.2. The van der Waals surface area contributed by atoms with Gasteiger partial charge in [0.1, 0.15) is 12.0 Å². The van der Waals surface area contributed by atoms with E-state index in [0.29, 0.717) is 12.4 Å². The molecule has 0 aliphatic carbocycles. The summed E-state index contributed by atoms with van der Waals surface area (Å²) >= 11 is 0. The average Bonchev–Trinajstić information content (AvgIpc) is 2.06. The SMILES string of the molecule is [CH2]CNc1ccc([N+](=O)[O-])cn1. The summed E-state index contributed by atoms with van der Waals surface area (Å²) in [6.07, 6.45) is 1.21. The van der Waals surface area contributed by atoms with Gasteiger partial charge in [-0.3, -0.25) is 10.1 Å². The number of anilines is 1. The Bertz CT molecular complexity index is 270. The van der Waals surface area contributed by atoms with Crippen LogP contribution in [-0.2, 0) is 0 Å².